The molecule has 3 aromatic carbocycles. The Hall–Kier alpha value is -3.32. The number of para-hydroxylation sites is 3. The summed E-state index contributed by atoms with van der Waals surface area (Å²) in [6.07, 6.45) is 0. The summed E-state index contributed by atoms with van der Waals surface area (Å²) in [5, 5.41) is 2.79. The van der Waals surface area contributed by atoms with Crippen molar-refractivity contribution < 1.29 is 17.9 Å². The number of carbonyl (C=O) groups excluding carboxylic acids is 1. The van der Waals surface area contributed by atoms with Gasteiger partial charge in [0.15, 0.2) is 5.75 Å². The van der Waals surface area contributed by atoms with Crippen molar-refractivity contribution in [3.8, 4) is 11.5 Å². The summed E-state index contributed by atoms with van der Waals surface area (Å²) in [5.74, 6) is 0.650. The van der Waals surface area contributed by atoms with Crippen LogP contribution in [0.3, 0.4) is 0 Å². The minimum Gasteiger partial charge on any atom is -0.455 e. The minimum atomic E-state index is -3.94. The van der Waals surface area contributed by atoms with Crippen molar-refractivity contribution in [1.82, 2.24) is 5.32 Å². The van der Waals surface area contributed by atoms with Gasteiger partial charge in [-0.1, -0.05) is 36.4 Å². The summed E-state index contributed by atoms with van der Waals surface area (Å²) in [7, 11) is -3.94. The molecule has 1 amide bonds. The lowest BCUT2D eigenvalue weighted by Crippen LogP contribution is -2.30. The first-order chi connectivity index (χ1) is 14.3. The Bertz CT molecular complexity index is 1140. The lowest BCUT2D eigenvalue weighted by molar-refractivity contribution is 0.0942. The molecule has 0 unspecified atom stereocenters. The topological polar surface area (TPSA) is 84.5 Å². The maximum atomic E-state index is 13.0. The van der Waals surface area contributed by atoms with Crippen LogP contribution < -0.4 is 14.8 Å². The lowest BCUT2D eigenvalue weighted by Gasteiger charge is -2.15. The van der Waals surface area contributed by atoms with Crippen LogP contribution in [0.2, 0.25) is 0 Å². The zero-order chi connectivity index (χ0) is 21.7. The molecule has 0 aliphatic heterocycles. The second-order valence-corrected chi connectivity index (χ2v) is 8.80. The average Bonchev–Trinajstić information content (AvgIpc) is 2.69. The molecule has 0 aliphatic carbocycles. The monoisotopic (exact) mass is 424 g/mol. The van der Waals surface area contributed by atoms with Gasteiger partial charge in [0, 0.05) is 11.6 Å². The normalized spacial score (nSPS) is 11.2. The van der Waals surface area contributed by atoms with E-state index in [0.29, 0.717) is 28.3 Å². The van der Waals surface area contributed by atoms with Gasteiger partial charge < -0.3 is 10.1 Å². The molecule has 0 atom stereocenters. The number of ether oxygens (including phenoxy) is 1. The van der Waals surface area contributed by atoms with E-state index in [1.807, 2.05) is 32.0 Å². The van der Waals surface area contributed by atoms with Gasteiger partial charge >= 0.3 is 0 Å². The number of hydrogen-bond donors (Lipinski definition) is 2. The lowest BCUT2D eigenvalue weighted by atomic mass is 10.1. The van der Waals surface area contributed by atoms with Crippen LogP contribution >= 0.6 is 0 Å². The van der Waals surface area contributed by atoms with Crippen molar-refractivity contribution >= 4 is 21.6 Å². The molecular weight excluding hydrogens is 400 g/mol. The van der Waals surface area contributed by atoms with E-state index >= 15 is 0 Å². The van der Waals surface area contributed by atoms with E-state index in [2.05, 4.69) is 10.0 Å². The highest BCUT2D eigenvalue weighted by atomic mass is 32.2. The molecule has 3 rings (SSSR count). The second-order valence-electron chi connectivity index (χ2n) is 7.12. The van der Waals surface area contributed by atoms with Crippen molar-refractivity contribution in [2.45, 2.75) is 31.7 Å². The molecule has 0 fully saturated rings. The molecule has 0 aromatic heterocycles. The van der Waals surface area contributed by atoms with E-state index in [0.717, 1.165) is 0 Å². The number of benzene rings is 3. The first-order valence-electron chi connectivity index (χ1n) is 9.52. The molecule has 0 aliphatic rings. The van der Waals surface area contributed by atoms with Gasteiger partial charge in [-0.05, 0) is 62.7 Å². The van der Waals surface area contributed by atoms with Crippen molar-refractivity contribution in [3.63, 3.8) is 0 Å². The number of amides is 1. The number of anilines is 1. The van der Waals surface area contributed by atoms with Crippen molar-refractivity contribution in [1.29, 1.82) is 0 Å². The van der Waals surface area contributed by atoms with Crippen LogP contribution in [0, 0.1) is 6.92 Å². The van der Waals surface area contributed by atoms with Crippen LogP contribution in [0.15, 0.2) is 77.7 Å². The average molecular weight is 425 g/mol. The summed E-state index contributed by atoms with van der Waals surface area (Å²) < 4.78 is 34.4. The molecule has 2 N–H and O–H groups in total. The van der Waals surface area contributed by atoms with Gasteiger partial charge in [-0.2, -0.15) is 0 Å². The fourth-order valence-electron chi connectivity index (χ4n) is 2.81. The van der Waals surface area contributed by atoms with Crippen LogP contribution in [0.25, 0.3) is 0 Å². The number of hydrogen-bond acceptors (Lipinski definition) is 4. The highest BCUT2D eigenvalue weighted by molar-refractivity contribution is 7.92. The smallest absolute Gasteiger partial charge is 0.262 e. The molecule has 0 saturated carbocycles. The third kappa shape index (κ3) is 5.18. The summed E-state index contributed by atoms with van der Waals surface area (Å²) >= 11 is 0. The predicted molar refractivity (Wildman–Crippen MR) is 118 cm³/mol. The third-order valence-electron chi connectivity index (χ3n) is 4.29. The molecular formula is C23H24N2O4S. The SMILES string of the molecule is Cc1ccc(S(=O)(=O)Nc2ccccc2Oc2ccccc2)cc1C(=O)NC(C)C. The van der Waals surface area contributed by atoms with Crippen molar-refractivity contribution in [2.24, 2.45) is 0 Å². The molecule has 0 bridgehead atoms. The molecule has 3 aromatic rings. The maximum Gasteiger partial charge on any atom is 0.262 e. The van der Waals surface area contributed by atoms with E-state index in [4.69, 9.17) is 4.74 Å². The van der Waals surface area contributed by atoms with E-state index in [-0.39, 0.29) is 16.8 Å². The van der Waals surface area contributed by atoms with Crippen LogP contribution in [0.4, 0.5) is 5.69 Å². The fraction of sp³-hybridized carbons (Fsp3) is 0.174. The minimum absolute atomic E-state index is 0.00322. The Balaban J connectivity index is 1.90. The zero-order valence-electron chi connectivity index (χ0n) is 17.0. The zero-order valence-corrected chi connectivity index (χ0v) is 17.9. The molecule has 0 saturated heterocycles. The molecule has 7 heteroatoms. The van der Waals surface area contributed by atoms with Gasteiger partial charge in [0.05, 0.1) is 10.6 Å². The molecule has 30 heavy (non-hydrogen) atoms. The Morgan fingerprint density at radius 3 is 2.30 bits per heavy atom. The summed E-state index contributed by atoms with van der Waals surface area (Å²) in [6, 6.07) is 20.3. The Labute approximate surface area is 177 Å². The quantitative estimate of drug-likeness (QED) is 0.574. The van der Waals surface area contributed by atoms with Crippen LogP contribution in [-0.4, -0.2) is 20.4 Å². The van der Waals surface area contributed by atoms with Crippen molar-refractivity contribution in [2.75, 3.05) is 4.72 Å². The highest BCUT2D eigenvalue weighted by Gasteiger charge is 2.20. The molecule has 0 heterocycles. The highest BCUT2D eigenvalue weighted by Crippen LogP contribution is 2.31. The molecule has 6 nitrogen and oxygen atoms in total. The number of aryl methyl sites for hydroxylation is 1. The first-order valence-corrected chi connectivity index (χ1v) is 11.0. The maximum absolute atomic E-state index is 13.0. The van der Waals surface area contributed by atoms with E-state index in [1.54, 1.807) is 49.4 Å². The van der Waals surface area contributed by atoms with Gasteiger partial charge in [0.25, 0.3) is 15.9 Å². The Morgan fingerprint density at radius 1 is 0.933 bits per heavy atom. The number of nitrogens with one attached hydrogen (secondary N) is 2. The van der Waals surface area contributed by atoms with Gasteiger partial charge in [0.2, 0.25) is 0 Å². The standard InChI is InChI=1S/C23H24N2O4S/c1-16(2)24-23(26)20-15-19(14-13-17(20)3)30(27,28)25-21-11-7-8-12-22(21)29-18-9-5-4-6-10-18/h4-16,25H,1-3H3,(H,24,26). The summed E-state index contributed by atoms with van der Waals surface area (Å²) in [4.78, 5) is 12.4. The molecule has 0 radical (unpaired) electrons. The molecule has 156 valence electrons. The molecule has 0 spiro atoms. The number of carbonyl (C=O) groups is 1. The van der Waals surface area contributed by atoms with Crippen LogP contribution in [0.5, 0.6) is 11.5 Å². The van der Waals surface area contributed by atoms with Crippen LogP contribution in [-0.2, 0) is 10.0 Å². The largest absolute Gasteiger partial charge is 0.455 e. The Morgan fingerprint density at radius 2 is 1.60 bits per heavy atom. The predicted octanol–water partition coefficient (Wildman–Crippen LogP) is 4.73. The van der Waals surface area contributed by atoms with Gasteiger partial charge in [-0.15, -0.1) is 0 Å². The number of rotatable bonds is 7. The fourth-order valence-corrected chi connectivity index (χ4v) is 3.91. The van der Waals surface area contributed by atoms with Gasteiger partial charge in [-0.3, -0.25) is 9.52 Å². The van der Waals surface area contributed by atoms with Crippen molar-refractivity contribution in [3.05, 3.63) is 83.9 Å². The summed E-state index contributed by atoms with van der Waals surface area (Å²) in [6.45, 7) is 5.46. The van der Waals surface area contributed by atoms with Crippen LogP contribution in [0.1, 0.15) is 29.8 Å². The van der Waals surface area contributed by atoms with E-state index in [9.17, 15) is 13.2 Å². The number of sulfonamides is 1. The van der Waals surface area contributed by atoms with Gasteiger partial charge in [-0.25, -0.2) is 8.42 Å². The Kier molecular flexibility index (Phi) is 6.42. The first kappa shape index (κ1) is 21.4. The van der Waals surface area contributed by atoms with E-state index in [1.165, 1.54) is 12.1 Å². The second kappa shape index (κ2) is 9.00. The van der Waals surface area contributed by atoms with E-state index < -0.39 is 10.0 Å². The summed E-state index contributed by atoms with van der Waals surface area (Å²) in [5.41, 5.74) is 1.32. The van der Waals surface area contributed by atoms with Gasteiger partial charge in [0.1, 0.15) is 5.75 Å². The third-order valence-corrected chi connectivity index (χ3v) is 5.65.